The van der Waals surface area contributed by atoms with E-state index in [1.807, 2.05) is 48.5 Å². The van der Waals surface area contributed by atoms with Crippen LogP contribution in [0.25, 0.3) is 0 Å². The zero-order valence-electron chi connectivity index (χ0n) is 11.8. The van der Waals surface area contributed by atoms with Crippen molar-refractivity contribution in [1.29, 1.82) is 0 Å². The van der Waals surface area contributed by atoms with Crippen molar-refractivity contribution in [1.82, 2.24) is 0 Å². The molecular weight excluding hydrogens is 298 g/mol. The van der Waals surface area contributed by atoms with Crippen LogP contribution in [0.15, 0.2) is 59.5 Å². The van der Waals surface area contributed by atoms with Crippen LogP contribution >= 0.6 is 11.8 Å². The molecule has 0 radical (unpaired) electrons. The van der Waals surface area contributed by atoms with E-state index >= 15 is 0 Å². The van der Waals surface area contributed by atoms with Crippen molar-refractivity contribution in [2.45, 2.75) is 16.6 Å². The predicted octanol–water partition coefficient (Wildman–Crippen LogP) is 3.34. The molecule has 1 aliphatic rings. The van der Waals surface area contributed by atoms with E-state index in [0.29, 0.717) is 5.69 Å². The lowest BCUT2D eigenvalue weighted by Crippen LogP contribution is -2.35. The second-order valence-electron chi connectivity index (χ2n) is 5.06. The number of benzene rings is 2. The zero-order valence-corrected chi connectivity index (χ0v) is 12.6. The summed E-state index contributed by atoms with van der Waals surface area (Å²) in [7, 11) is 0. The number of nitrogens with zero attached hydrogens (tertiary/aromatic N) is 1. The Morgan fingerprint density at radius 2 is 1.82 bits per heavy atom. The largest absolute Gasteiger partial charge is 0.480 e. The summed E-state index contributed by atoms with van der Waals surface area (Å²) in [6.07, 6.45) is 0.288. The average Bonchev–Trinajstić information content (AvgIpc) is 2.66. The van der Waals surface area contributed by atoms with Crippen LogP contribution in [0.4, 0.5) is 5.69 Å². The third-order valence-electron chi connectivity index (χ3n) is 3.55. The minimum atomic E-state index is -1.01. The third-order valence-corrected chi connectivity index (χ3v) is 4.87. The molecule has 1 heterocycles. The number of carbonyl (C=O) groups excluding carboxylic acids is 1. The van der Waals surface area contributed by atoms with E-state index in [1.165, 1.54) is 4.90 Å². The van der Waals surface area contributed by atoms with Crippen molar-refractivity contribution in [3.8, 4) is 0 Å². The van der Waals surface area contributed by atoms with Crippen molar-refractivity contribution >= 4 is 29.3 Å². The normalized spacial score (nSPS) is 17.7. The van der Waals surface area contributed by atoms with Crippen molar-refractivity contribution in [2.75, 3.05) is 11.4 Å². The highest BCUT2D eigenvalue weighted by Gasteiger charge is 2.30. The number of rotatable bonds is 3. The van der Waals surface area contributed by atoms with Crippen molar-refractivity contribution < 1.29 is 14.7 Å². The van der Waals surface area contributed by atoms with Gasteiger partial charge >= 0.3 is 5.97 Å². The minimum Gasteiger partial charge on any atom is -0.480 e. The summed E-state index contributed by atoms with van der Waals surface area (Å²) in [6, 6.07) is 17.3. The number of fused-ring (bicyclic) bond motifs is 1. The van der Waals surface area contributed by atoms with E-state index in [1.54, 1.807) is 17.8 Å². The maximum Gasteiger partial charge on any atom is 0.323 e. The molecule has 0 spiro atoms. The molecule has 2 aromatic carbocycles. The van der Waals surface area contributed by atoms with Crippen molar-refractivity contribution in [2.24, 2.45) is 0 Å². The Kier molecular flexibility index (Phi) is 4.15. The summed E-state index contributed by atoms with van der Waals surface area (Å²) in [5, 5.41) is 9.08. The fourth-order valence-corrected chi connectivity index (χ4v) is 3.82. The maximum absolute atomic E-state index is 12.5. The first-order chi connectivity index (χ1) is 10.6. The maximum atomic E-state index is 12.5. The number of amides is 1. The van der Waals surface area contributed by atoms with Gasteiger partial charge in [0.2, 0.25) is 5.91 Å². The molecule has 0 saturated carbocycles. The fraction of sp³-hybridized carbons (Fsp3) is 0.176. The zero-order chi connectivity index (χ0) is 15.5. The Hall–Kier alpha value is -2.27. The smallest absolute Gasteiger partial charge is 0.323 e. The molecule has 0 aromatic heterocycles. The fourth-order valence-electron chi connectivity index (χ4n) is 2.54. The first-order valence-corrected chi connectivity index (χ1v) is 7.86. The Bertz CT molecular complexity index is 702. The van der Waals surface area contributed by atoms with Gasteiger partial charge in [-0.3, -0.25) is 9.59 Å². The van der Waals surface area contributed by atoms with E-state index in [9.17, 15) is 9.59 Å². The van der Waals surface area contributed by atoms with Crippen LogP contribution in [-0.4, -0.2) is 23.5 Å². The van der Waals surface area contributed by atoms with Crippen LogP contribution in [0.2, 0.25) is 0 Å². The third kappa shape index (κ3) is 2.99. The Balaban J connectivity index is 2.00. The number of carboxylic acid groups (broad SMARTS) is 1. The Labute approximate surface area is 132 Å². The minimum absolute atomic E-state index is 0.00588. The SMILES string of the molecule is O=C(O)CN1C(=O)CC(c2ccccc2)Sc2ccccc21. The quantitative estimate of drug-likeness (QED) is 0.944. The molecule has 2 aromatic rings. The molecule has 4 nitrogen and oxygen atoms in total. The van der Waals surface area contributed by atoms with Crippen LogP contribution in [0.5, 0.6) is 0 Å². The highest BCUT2D eigenvalue weighted by atomic mass is 32.2. The number of aliphatic carboxylic acids is 1. The monoisotopic (exact) mass is 313 g/mol. The second kappa shape index (κ2) is 6.23. The molecule has 3 rings (SSSR count). The lowest BCUT2D eigenvalue weighted by atomic mass is 10.1. The van der Waals surface area contributed by atoms with E-state index in [-0.39, 0.29) is 24.1 Å². The number of hydrogen-bond acceptors (Lipinski definition) is 3. The number of anilines is 1. The molecule has 0 bridgehead atoms. The van der Waals surface area contributed by atoms with Gasteiger partial charge in [-0.25, -0.2) is 0 Å². The highest BCUT2D eigenvalue weighted by molar-refractivity contribution is 7.99. The molecule has 112 valence electrons. The van der Waals surface area contributed by atoms with Crippen molar-refractivity contribution in [3.05, 3.63) is 60.2 Å². The van der Waals surface area contributed by atoms with Crippen LogP contribution in [0, 0.1) is 0 Å². The van der Waals surface area contributed by atoms with Gasteiger partial charge in [0.25, 0.3) is 0 Å². The molecule has 0 saturated heterocycles. The molecule has 1 amide bonds. The van der Waals surface area contributed by atoms with Gasteiger partial charge in [-0.15, -0.1) is 11.8 Å². The number of carbonyl (C=O) groups is 2. The van der Waals surface area contributed by atoms with Gasteiger partial charge in [0.1, 0.15) is 6.54 Å². The Morgan fingerprint density at radius 1 is 1.14 bits per heavy atom. The molecule has 5 heteroatoms. The first-order valence-electron chi connectivity index (χ1n) is 6.98. The second-order valence-corrected chi connectivity index (χ2v) is 6.31. The van der Waals surface area contributed by atoms with Gasteiger partial charge in [-0.1, -0.05) is 42.5 Å². The van der Waals surface area contributed by atoms with E-state index < -0.39 is 5.97 Å². The summed E-state index contributed by atoms with van der Waals surface area (Å²) < 4.78 is 0. The molecule has 1 atom stereocenters. The highest BCUT2D eigenvalue weighted by Crippen LogP contribution is 2.45. The van der Waals surface area contributed by atoms with Gasteiger partial charge in [-0.05, 0) is 17.7 Å². The molecule has 1 aliphatic heterocycles. The summed E-state index contributed by atoms with van der Waals surface area (Å²) in [6.45, 7) is -0.308. The lowest BCUT2D eigenvalue weighted by molar-refractivity contribution is -0.136. The lowest BCUT2D eigenvalue weighted by Gasteiger charge is -2.20. The molecule has 22 heavy (non-hydrogen) atoms. The standard InChI is InChI=1S/C17H15NO3S/c19-16-10-15(12-6-2-1-3-7-12)22-14-9-5-4-8-13(14)18(16)11-17(20)21/h1-9,15H,10-11H2,(H,20,21). The van der Waals surface area contributed by atoms with E-state index in [0.717, 1.165) is 10.5 Å². The van der Waals surface area contributed by atoms with Crippen LogP contribution in [0.1, 0.15) is 17.2 Å². The Morgan fingerprint density at radius 3 is 2.55 bits per heavy atom. The predicted molar refractivity (Wildman–Crippen MR) is 86.1 cm³/mol. The number of carboxylic acids is 1. The number of para-hydroxylation sites is 1. The van der Waals surface area contributed by atoms with Crippen LogP contribution in [0.3, 0.4) is 0 Å². The summed E-state index contributed by atoms with van der Waals surface area (Å²) in [5.41, 5.74) is 1.76. The molecular formula is C17H15NO3S. The number of hydrogen-bond donors (Lipinski definition) is 1. The van der Waals surface area contributed by atoms with Gasteiger partial charge in [0.15, 0.2) is 0 Å². The van der Waals surface area contributed by atoms with Crippen molar-refractivity contribution in [3.63, 3.8) is 0 Å². The van der Waals surface area contributed by atoms with E-state index in [4.69, 9.17) is 5.11 Å². The van der Waals surface area contributed by atoms with Gasteiger partial charge in [0.05, 0.1) is 5.69 Å². The molecule has 1 unspecified atom stereocenters. The van der Waals surface area contributed by atoms with Gasteiger partial charge < -0.3 is 10.0 Å². The summed E-state index contributed by atoms with van der Waals surface area (Å²) in [5.74, 6) is -1.17. The molecule has 0 fully saturated rings. The average molecular weight is 313 g/mol. The number of thioether (sulfide) groups is 1. The van der Waals surface area contributed by atoms with Gasteiger partial charge in [-0.2, -0.15) is 0 Å². The summed E-state index contributed by atoms with van der Waals surface area (Å²) in [4.78, 5) is 25.9. The van der Waals surface area contributed by atoms with Gasteiger partial charge in [0, 0.05) is 16.6 Å². The summed E-state index contributed by atoms with van der Waals surface area (Å²) >= 11 is 1.61. The van der Waals surface area contributed by atoms with Crippen LogP contribution < -0.4 is 4.90 Å². The molecule has 0 aliphatic carbocycles. The van der Waals surface area contributed by atoms with Crippen LogP contribution in [-0.2, 0) is 9.59 Å². The molecule has 1 N–H and O–H groups in total. The topological polar surface area (TPSA) is 57.6 Å². The first kappa shape index (κ1) is 14.7. The van der Waals surface area contributed by atoms with E-state index in [2.05, 4.69) is 0 Å².